The van der Waals surface area contributed by atoms with E-state index in [-0.39, 0.29) is 11.1 Å². The molecule has 2 aromatic carbocycles. The van der Waals surface area contributed by atoms with Gasteiger partial charge in [0.25, 0.3) is 5.91 Å². The summed E-state index contributed by atoms with van der Waals surface area (Å²) >= 11 is 0. The molecule has 3 aromatic rings. The van der Waals surface area contributed by atoms with E-state index >= 15 is 0 Å². The van der Waals surface area contributed by atoms with Gasteiger partial charge in [-0.15, -0.1) is 0 Å². The van der Waals surface area contributed by atoms with Crippen LogP contribution in [0.3, 0.4) is 0 Å². The zero-order valence-corrected chi connectivity index (χ0v) is 15.7. The van der Waals surface area contributed by atoms with E-state index in [2.05, 4.69) is 17.2 Å². The van der Waals surface area contributed by atoms with Crippen molar-refractivity contribution in [2.75, 3.05) is 11.9 Å². The summed E-state index contributed by atoms with van der Waals surface area (Å²) in [5.41, 5.74) is 2.12. The van der Waals surface area contributed by atoms with Crippen LogP contribution in [0.4, 0.5) is 5.69 Å². The summed E-state index contributed by atoms with van der Waals surface area (Å²) in [5, 5.41) is 3.17. The van der Waals surface area contributed by atoms with Crippen LogP contribution >= 0.6 is 0 Å². The van der Waals surface area contributed by atoms with E-state index in [1.54, 1.807) is 24.3 Å². The van der Waals surface area contributed by atoms with E-state index in [4.69, 9.17) is 4.74 Å². The molecule has 6 heteroatoms. The Morgan fingerprint density at radius 2 is 1.82 bits per heavy atom. The fraction of sp³-hybridized carbons (Fsp3) is 0.227. The summed E-state index contributed by atoms with van der Waals surface area (Å²) in [6.45, 7) is 1.70. The van der Waals surface area contributed by atoms with Gasteiger partial charge in [-0.3, -0.25) is 9.59 Å². The summed E-state index contributed by atoms with van der Waals surface area (Å²) in [4.78, 5) is 39.1. The highest BCUT2D eigenvalue weighted by molar-refractivity contribution is 5.95. The normalized spacial score (nSPS) is 10.6. The highest BCUT2D eigenvalue weighted by Gasteiger charge is 2.13. The Bertz CT molecular complexity index is 1040. The molecule has 1 heterocycles. The maximum absolute atomic E-state index is 12.2. The Labute approximate surface area is 162 Å². The Morgan fingerprint density at radius 1 is 1.07 bits per heavy atom. The van der Waals surface area contributed by atoms with Crippen LogP contribution in [0.5, 0.6) is 0 Å². The molecule has 2 N–H and O–H groups in total. The van der Waals surface area contributed by atoms with Gasteiger partial charge < -0.3 is 15.0 Å². The van der Waals surface area contributed by atoms with Gasteiger partial charge in [0.15, 0.2) is 12.0 Å². The number of unbranched alkanes of at least 4 members (excludes halogenated alkanes) is 1. The molecule has 3 rings (SSSR count). The molecule has 28 heavy (non-hydrogen) atoms. The average molecular weight is 378 g/mol. The van der Waals surface area contributed by atoms with Crippen molar-refractivity contribution in [3.63, 3.8) is 0 Å². The number of benzene rings is 2. The molecule has 0 saturated carbocycles. The van der Waals surface area contributed by atoms with Gasteiger partial charge in [0, 0.05) is 22.7 Å². The quantitative estimate of drug-likeness (QED) is 0.614. The highest BCUT2D eigenvalue weighted by Crippen LogP contribution is 2.12. The SMILES string of the molecule is CCCCc1ccc(NC(=O)COC(=O)c2cc(=O)c3ccccc3[nH]2)cc1. The van der Waals surface area contributed by atoms with Crippen molar-refractivity contribution in [1.82, 2.24) is 4.98 Å². The molecule has 0 radical (unpaired) electrons. The lowest BCUT2D eigenvalue weighted by Gasteiger charge is -2.08. The number of aromatic nitrogens is 1. The van der Waals surface area contributed by atoms with E-state index in [0.717, 1.165) is 19.3 Å². The first-order valence-corrected chi connectivity index (χ1v) is 9.25. The Balaban J connectivity index is 1.57. The van der Waals surface area contributed by atoms with Gasteiger partial charge in [0.05, 0.1) is 0 Å². The summed E-state index contributed by atoms with van der Waals surface area (Å²) in [6.07, 6.45) is 3.26. The number of ether oxygens (including phenoxy) is 1. The highest BCUT2D eigenvalue weighted by atomic mass is 16.5. The minimum Gasteiger partial charge on any atom is -0.451 e. The molecule has 0 fully saturated rings. The van der Waals surface area contributed by atoms with Crippen molar-refractivity contribution in [2.24, 2.45) is 0 Å². The first-order chi connectivity index (χ1) is 13.6. The monoisotopic (exact) mass is 378 g/mol. The first-order valence-electron chi connectivity index (χ1n) is 9.25. The topological polar surface area (TPSA) is 88.3 Å². The predicted octanol–water partition coefficient (Wildman–Crippen LogP) is 3.67. The average Bonchev–Trinajstić information content (AvgIpc) is 2.71. The Hall–Kier alpha value is -3.41. The lowest BCUT2D eigenvalue weighted by Crippen LogP contribution is -2.22. The summed E-state index contributed by atoms with van der Waals surface area (Å²) in [5.74, 6) is -1.20. The van der Waals surface area contributed by atoms with E-state index in [0.29, 0.717) is 16.6 Å². The van der Waals surface area contributed by atoms with Crippen LogP contribution in [0, 0.1) is 0 Å². The van der Waals surface area contributed by atoms with Crippen molar-refractivity contribution in [3.05, 3.63) is 76.1 Å². The van der Waals surface area contributed by atoms with Crippen molar-refractivity contribution in [3.8, 4) is 0 Å². The standard InChI is InChI=1S/C22H22N2O4/c1-2-3-6-15-9-11-16(12-10-15)23-21(26)14-28-22(27)19-13-20(25)17-7-4-5-8-18(17)24-19/h4-5,7-13H,2-3,6,14H2,1H3,(H,23,26)(H,24,25). The number of nitrogens with one attached hydrogen (secondary N) is 2. The zero-order chi connectivity index (χ0) is 19.9. The van der Waals surface area contributed by atoms with E-state index in [9.17, 15) is 14.4 Å². The maximum Gasteiger partial charge on any atom is 0.355 e. The molecule has 0 aliphatic rings. The molecule has 0 aliphatic heterocycles. The van der Waals surface area contributed by atoms with Crippen molar-refractivity contribution in [1.29, 1.82) is 0 Å². The molecule has 1 aromatic heterocycles. The number of aryl methyl sites for hydroxylation is 1. The van der Waals surface area contributed by atoms with Gasteiger partial charge in [-0.05, 0) is 42.7 Å². The maximum atomic E-state index is 12.2. The number of carbonyl (C=O) groups is 2. The van der Waals surface area contributed by atoms with Crippen molar-refractivity contribution >= 4 is 28.5 Å². The molecular formula is C22H22N2O4. The summed E-state index contributed by atoms with van der Waals surface area (Å²) in [7, 11) is 0. The van der Waals surface area contributed by atoms with Crippen LogP contribution in [0.1, 0.15) is 35.8 Å². The number of para-hydroxylation sites is 1. The molecular weight excluding hydrogens is 356 g/mol. The molecule has 0 saturated heterocycles. The van der Waals surface area contributed by atoms with Crippen molar-refractivity contribution < 1.29 is 14.3 Å². The number of H-pyrrole nitrogens is 1. The third-order valence-corrected chi connectivity index (χ3v) is 4.35. The van der Waals surface area contributed by atoms with E-state index < -0.39 is 18.5 Å². The molecule has 0 unspecified atom stereocenters. The largest absolute Gasteiger partial charge is 0.451 e. The minimum absolute atomic E-state index is 0.0109. The Kier molecular flexibility index (Phi) is 6.22. The number of rotatable bonds is 7. The third-order valence-electron chi connectivity index (χ3n) is 4.35. The summed E-state index contributed by atoms with van der Waals surface area (Å²) in [6, 6.07) is 15.6. The van der Waals surface area contributed by atoms with Crippen LogP contribution < -0.4 is 10.7 Å². The molecule has 0 atom stereocenters. The second kappa shape index (κ2) is 8.99. The van der Waals surface area contributed by atoms with Gasteiger partial charge in [-0.25, -0.2) is 4.79 Å². The molecule has 0 bridgehead atoms. The number of fused-ring (bicyclic) bond motifs is 1. The van der Waals surface area contributed by atoms with Crippen LogP contribution in [-0.4, -0.2) is 23.5 Å². The number of aromatic amines is 1. The molecule has 0 aliphatic carbocycles. The van der Waals surface area contributed by atoms with Crippen LogP contribution in [0.25, 0.3) is 10.9 Å². The second-order valence-electron chi connectivity index (χ2n) is 6.52. The van der Waals surface area contributed by atoms with Crippen LogP contribution in [-0.2, 0) is 16.0 Å². The van der Waals surface area contributed by atoms with Gasteiger partial charge in [-0.2, -0.15) is 0 Å². The van der Waals surface area contributed by atoms with E-state index in [1.165, 1.54) is 11.6 Å². The number of amides is 1. The number of hydrogen-bond donors (Lipinski definition) is 2. The first kappa shape index (κ1) is 19.4. The van der Waals surface area contributed by atoms with Gasteiger partial charge in [0.1, 0.15) is 5.69 Å². The zero-order valence-electron chi connectivity index (χ0n) is 15.7. The lowest BCUT2D eigenvalue weighted by molar-refractivity contribution is -0.119. The third kappa shape index (κ3) is 4.85. The van der Waals surface area contributed by atoms with E-state index in [1.807, 2.05) is 24.3 Å². The fourth-order valence-electron chi connectivity index (χ4n) is 2.85. The Morgan fingerprint density at radius 3 is 2.57 bits per heavy atom. The molecule has 144 valence electrons. The number of esters is 1. The molecule has 1 amide bonds. The molecule has 0 spiro atoms. The predicted molar refractivity (Wildman–Crippen MR) is 109 cm³/mol. The fourth-order valence-corrected chi connectivity index (χ4v) is 2.85. The minimum atomic E-state index is -0.757. The number of carbonyl (C=O) groups excluding carboxylic acids is 2. The van der Waals surface area contributed by atoms with Crippen molar-refractivity contribution in [2.45, 2.75) is 26.2 Å². The number of anilines is 1. The van der Waals surface area contributed by atoms with Gasteiger partial charge in [-0.1, -0.05) is 37.6 Å². The number of hydrogen-bond acceptors (Lipinski definition) is 4. The smallest absolute Gasteiger partial charge is 0.355 e. The molecule has 6 nitrogen and oxygen atoms in total. The van der Waals surface area contributed by atoms with Crippen LogP contribution in [0.2, 0.25) is 0 Å². The van der Waals surface area contributed by atoms with Gasteiger partial charge in [0.2, 0.25) is 0 Å². The second-order valence-corrected chi connectivity index (χ2v) is 6.52. The van der Waals surface area contributed by atoms with Gasteiger partial charge >= 0.3 is 5.97 Å². The summed E-state index contributed by atoms with van der Waals surface area (Å²) < 4.78 is 5.02. The lowest BCUT2D eigenvalue weighted by atomic mass is 10.1. The van der Waals surface area contributed by atoms with Crippen LogP contribution in [0.15, 0.2) is 59.4 Å². The number of pyridine rings is 1.